The fourth-order valence-electron chi connectivity index (χ4n) is 8.25. The van der Waals surface area contributed by atoms with Gasteiger partial charge in [0.05, 0.1) is 12.2 Å². The van der Waals surface area contributed by atoms with Crippen LogP contribution in [0.1, 0.15) is 51.9 Å². The predicted molar refractivity (Wildman–Crippen MR) is 146 cm³/mol. The molecule has 4 heterocycles. The number of hydrazine groups is 1. The minimum Gasteiger partial charge on any atom is -0.366 e. The van der Waals surface area contributed by atoms with Gasteiger partial charge in [-0.2, -0.15) is 26.3 Å². The molecular weight excluding hydrogens is 580 g/mol. The topological polar surface area (TPSA) is 103 Å². The summed E-state index contributed by atoms with van der Waals surface area (Å²) >= 11 is 0. The molecule has 0 aromatic carbocycles. The van der Waals surface area contributed by atoms with Crippen molar-refractivity contribution in [1.29, 1.82) is 5.41 Å². The van der Waals surface area contributed by atoms with Crippen LogP contribution in [0.5, 0.6) is 0 Å². The second kappa shape index (κ2) is 12.1. The van der Waals surface area contributed by atoms with E-state index in [1.165, 1.54) is 0 Å². The van der Waals surface area contributed by atoms with Gasteiger partial charge >= 0.3 is 12.4 Å². The van der Waals surface area contributed by atoms with Crippen molar-refractivity contribution in [2.75, 3.05) is 33.4 Å². The highest BCUT2D eigenvalue weighted by molar-refractivity contribution is 5.80. The number of fused-ring (bicyclic) bond motifs is 1. The maximum absolute atomic E-state index is 13.6. The minimum absolute atomic E-state index is 0.00851. The third-order valence-electron chi connectivity index (χ3n) is 10.5. The lowest BCUT2D eigenvalue weighted by Gasteiger charge is -2.48. The zero-order valence-electron chi connectivity index (χ0n) is 24.6. The average Bonchev–Trinajstić information content (AvgIpc) is 3.68. The molecule has 0 aromatic rings. The van der Waals surface area contributed by atoms with E-state index in [1.807, 2.05) is 6.92 Å². The molecule has 246 valence electrons. The molecule has 6 fully saturated rings. The lowest BCUT2D eigenvalue weighted by molar-refractivity contribution is -0.158. The lowest BCUT2D eigenvalue weighted by atomic mass is 9.85. The summed E-state index contributed by atoms with van der Waals surface area (Å²) in [5.74, 6) is 0.513. The van der Waals surface area contributed by atoms with Crippen molar-refractivity contribution in [2.45, 2.75) is 113 Å². The Balaban J connectivity index is 1.14. The first-order chi connectivity index (χ1) is 20.3. The number of nitrogens with zero attached hydrogens (tertiary/aromatic N) is 3. The van der Waals surface area contributed by atoms with E-state index >= 15 is 0 Å². The van der Waals surface area contributed by atoms with Gasteiger partial charge in [0.2, 0.25) is 0 Å². The van der Waals surface area contributed by atoms with Crippen LogP contribution in [0.3, 0.4) is 0 Å². The van der Waals surface area contributed by atoms with E-state index in [1.54, 1.807) is 17.0 Å². The molecule has 6 aliphatic rings. The highest BCUT2D eigenvalue weighted by Gasteiger charge is 2.54. The van der Waals surface area contributed by atoms with E-state index in [2.05, 4.69) is 26.7 Å². The van der Waals surface area contributed by atoms with E-state index in [-0.39, 0.29) is 54.7 Å². The summed E-state index contributed by atoms with van der Waals surface area (Å²) in [5.41, 5.74) is 2.68. The molecule has 16 heteroatoms. The zero-order chi connectivity index (χ0) is 30.7. The van der Waals surface area contributed by atoms with Crippen molar-refractivity contribution in [2.24, 2.45) is 17.8 Å². The van der Waals surface area contributed by atoms with Crippen molar-refractivity contribution < 1.29 is 31.1 Å². The molecular formula is C27H45F6N9O. The van der Waals surface area contributed by atoms with Gasteiger partial charge in [-0.05, 0) is 63.7 Å². The molecule has 8 atom stereocenters. The van der Waals surface area contributed by atoms with Gasteiger partial charge < -0.3 is 19.9 Å². The van der Waals surface area contributed by atoms with Gasteiger partial charge in [-0.25, -0.2) is 10.4 Å². The second-order valence-electron chi connectivity index (χ2n) is 13.4. The van der Waals surface area contributed by atoms with Crippen molar-refractivity contribution in [3.8, 4) is 0 Å². The molecule has 0 amide bonds. The smallest absolute Gasteiger partial charge is 0.366 e. The number of hydrogen-bond acceptors (Lipinski definition) is 8. The van der Waals surface area contributed by atoms with Crippen LogP contribution in [0.15, 0.2) is 0 Å². The van der Waals surface area contributed by atoms with Crippen LogP contribution in [-0.2, 0) is 4.74 Å². The Morgan fingerprint density at radius 1 is 0.953 bits per heavy atom. The number of guanidine groups is 1. The maximum atomic E-state index is 13.6. The number of nitrogens with one attached hydrogen (secondary N) is 6. The van der Waals surface area contributed by atoms with E-state index < -0.39 is 37.1 Å². The van der Waals surface area contributed by atoms with Gasteiger partial charge in [-0.15, -0.1) is 0 Å². The molecule has 43 heavy (non-hydrogen) atoms. The van der Waals surface area contributed by atoms with Crippen molar-refractivity contribution in [3.63, 3.8) is 0 Å². The molecule has 0 spiro atoms. The first kappa shape index (κ1) is 31.5. The molecule has 8 unspecified atom stereocenters. The van der Waals surface area contributed by atoms with E-state index in [0.29, 0.717) is 38.5 Å². The Hall–Kier alpha value is -1.43. The van der Waals surface area contributed by atoms with Crippen LogP contribution >= 0.6 is 0 Å². The van der Waals surface area contributed by atoms with Crippen LogP contribution in [-0.4, -0.2) is 115 Å². The van der Waals surface area contributed by atoms with Gasteiger partial charge in [-0.3, -0.25) is 21.4 Å². The molecule has 0 bridgehead atoms. The van der Waals surface area contributed by atoms with Crippen molar-refractivity contribution in [3.05, 3.63) is 0 Å². The first-order valence-electron chi connectivity index (χ1n) is 15.6. The third-order valence-corrected chi connectivity index (χ3v) is 10.5. The summed E-state index contributed by atoms with van der Waals surface area (Å²) in [6.45, 7) is 1.96. The molecule has 2 aliphatic carbocycles. The second-order valence-corrected chi connectivity index (χ2v) is 13.4. The van der Waals surface area contributed by atoms with Gasteiger partial charge in [0.25, 0.3) is 0 Å². The normalized spacial score (nSPS) is 41.6. The minimum atomic E-state index is -4.45. The van der Waals surface area contributed by atoms with Crippen LogP contribution < -0.4 is 26.7 Å². The number of alkyl halides is 6. The Kier molecular flexibility index (Phi) is 8.85. The number of ether oxygens (including phenoxy) is 1. The lowest BCUT2D eigenvalue weighted by Crippen LogP contribution is -2.73. The summed E-state index contributed by atoms with van der Waals surface area (Å²) in [7, 11) is 1.66. The summed E-state index contributed by atoms with van der Waals surface area (Å²) in [5, 5.41) is 24.6. The van der Waals surface area contributed by atoms with E-state index in [0.717, 1.165) is 30.6 Å². The molecule has 6 N–H and O–H groups in total. The van der Waals surface area contributed by atoms with Crippen LogP contribution in [0.4, 0.5) is 26.3 Å². The molecule has 6 rings (SSSR count). The first-order valence-corrected chi connectivity index (χ1v) is 15.6. The summed E-state index contributed by atoms with van der Waals surface area (Å²) in [6.07, 6.45) is -4.55. The van der Waals surface area contributed by atoms with Crippen molar-refractivity contribution in [1.82, 2.24) is 41.5 Å². The number of rotatable bonds is 7. The summed E-state index contributed by atoms with van der Waals surface area (Å²) in [6, 6.07) is -2.16. The van der Waals surface area contributed by atoms with Gasteiger partial charge in [0, 0.05) is 50.9 Å². The molecule has 10 nitrogen and oxygen atoms in total. The fraction of sp³-hybridized carbons (Fsp3) is 0.963. The quantitative estimate of drug-likeness (QED) is 0.237. The summed E-state index contributed by atoms with van der Waals surface area (Å²) in [4.78, 5) is 2.95. The molecule has 2 saturated carbocycles. The van der Waals surface area contributed by atoms with Gasteiger partial charge in [0.15, 0.2) is 5.96 Å². The highest BCUT2D eigenvalue weighted by Crippen LogP contribution is 2.40. The Morgan fingerprint density at radius 3 is 2.28 bits per heavy atom. The molecule has 4 saturated heterocycles. The number of methoxy groups -OCH3 is 1. The van der Waals surface area contributed by atoms with Crippen LogP contribution in [0, 0.1) is 23.2 Å². The number of hydrogen-bond donors (Lipinski definition) is 6. The van der Waals surface area contributed by atoms with Crippen LogP contribution in [0.25, 0.3) is 0 Å². The summed E-state index contributed by atoms with van der Waals surface area (Å²) < 4.78 is 86.7. The van der Waals surface area contributed by atoms with Crippen LogP contribution in [0.2, 0.25) is 0 Å². The SMILES string of the molecule is COC1NCNC(C2CC2)C1C1NCC2C(N1)N(CC1CCC(N3NC(C(F)(F)F)CC3C)CC1)C(=N)N2CC(F)(F)F. The predicted octanol–water partition coefficient (Wildman–Crippen LogP) is 1.92. The van der Waals surface area contributed by atoms with Gasteiger partial charge in [-0.1, -0.05) is 0 Å². The third kappa shape index (κ3) is 6.61. The Labute approximate surface area is 248 Å². The average molecular weight is 626 g/mol. The highest BCUT2D eigenvalue weighted by atomic mass is 19.4. The van der Waals surface area contributed by atoms with Crippen molar-refractivity contribution >= 4 is 5.96 Å². The molecule has 0 radical (unpaired) electrons. The Bertz CT molecular complexity index is 991. The van der Waals surface area contributed by atoms with E-state index in [4.69, 9.17) is 10.1 Å². The molecule has 0 aromatic heterocycles. The largest absolute Gasteiger partial charge is 0.406 e. The maximum Gasteiger partial charge on any atom is 0.406 e. The standard InChI is InChI=1S/C27H45F6N9O/c1-14-9-19(27(31,32)33)39-42(14)17-7-3-15(4-8-17)11-40-23-18(41(25(40)34)12-26(28,29)30)10-35-22(38-23)20-21(16-5-6-16)36-13-37-24(20)43-2/h14-24,34-39H,3-13H2,1-2H3. The monoisotopic (exact) mass is 625 g/mol. The zero-order valence-corrected chi connectivity index (χ0v) is 24.6. The number of halogens is 6. The van der Waals surface area contributed by atoms with Gasteiger partial charge in [0.1, 0.15) is 25.0 Å². The van der Waals surface area contributed by atoms with E-state index in [9.17, 15) is 26.3 Å². The Morgan fingerprint density at radius 2 is 1.67 bits per heavy atom. The molecule has 4 aliphatic heterocycles. The fourth-order valence-corrected chi connectivity index (χ4v) is 8.25.